The number of hydrogen-bond donors (Lipinski definition) is 0. The summed E-state index contributed by atoms with van der Waals surface area (Å²) in [6, 6.07) is 32.4. The van der Waals surface area contributed by atoms with Crippen LogP contribution in [0, 0.1) is 0 Å². The maximum absolute atomic E-state index is 2.58. The highest BCUT2D eigenvalue weighted by atomic mass is 15.2. The Bertz CT molecular complexity index is 1740. The summed E-state index contributed by atoms with van der Waals surface area (Å²) in [6.07, 6.45) is 9.59. The van der Waals surface area contributed by atoms with Crippen LogP contribution in [-0.2, 0) is 12.8 Å². The molecule has 2 aliphatic carbocycles. The molecule has 2 heteroatoms. The quantitative estimate of drug-likeness (QED) is 0.257. The molecule has 4 aromatic rings. The lowest BCUT2D eigenvalue weighted by molar-refractivity contribution is 0.642. The third-order valence-electron chi connectivity index (χ3n) is 10.2. The monoisotopic (exact) mass is 534 g/mol. The molecular weight excluding hydrogens is 496 g/mol. The fraction of sp³-hybridized carbons (Fsp3) is 0.282. The van der Waals surface area contributed by atoms with Crippen molar-refractivity contribution in [2.24, 2.45) is 0 Å². The molecule has 0 saturated carbocycles. The summed E-state index contributed by atoms with van der Waals surface area (Å²) in [6.45, 7) is 8.16. The predicted octanol–water partition coefficient (Wildman–Crippen LogP) is 9.94. The Balaban J connectivity index is 1.14. The van der Waals surface area contributed by atoms with Gasteiger partial charge in [0.05, 0.1) is 0 Å². The number of anilines is 4. The molecule has 4 aliphatic rings. The minimum absolute atomic E-state index is 0.441. The van der Waals surface area contributed by atoms with Crippen LogP contribution < -0.4 is 9.80 Å². The highest BCUT2D eigenvalue weighted by Gasteiger charge is 2.35. The molecule has 0 saturated heterocycles. The van der Waals surface area contributed by atoms with Crippen molar-refractivity contribution in [3.8, 4) is 0 Å². The lowest BCUT2D eigenvalue weighted by Gasteiger charge is -2.33. The minimum Gasteiger partial charge on any atom is -0.341 e. The van der Waals surface area contributed by atoms with Crippen LogP contribution >= 0.6 is 0 Å². The van der Waals surface area contributed by atoms with E-state index in [1.54, 1.807) is 0 Å². The van der Waals surface area contributed by atoms with Gasteiger partial charge in [-0.15, -0.1) is 0 Å². The van der Waals surface area contributed by atoms with Gasteiger partial charge in [0.2, 0.25) is 0 Å². The lowest BCUT2D eigenvalue weighted by atomic mass is 9.82. The van der Waals surface area contributed by atoms with Gasteiger partial charge >= 0.3 is 0 Å². The number of hydrogen-bond acceptors (Lipinski definition) is 2. The molecule has 2 nitrogen and oxygen atoms in total. The highest BCUT2D eigenvalue weighted by molar-refractivity contribution is 5.84. The van der Waals surface area contributed by atoms with E-state index in [1.807, 2.05) is 0 Å². The van der Waals surface area contributed by atoms with Gasteiger partial charge in [0.1, 0.15) is 0 Å². The van der Waals surface area contributed by atoms with E-state index in [0.717, 1.165) is 19.4 Å². The topological polar surface area (TPSA) is 6.48 Å². The Morgan fingerprint density at radius 1 is 0.634 bits per heavy atom. The van der Waals surface area contributed by atoms with Gasteiger partial charge in [-0.05, 0) is 93.0 Å². The van der Waals surface area contributed by atoms with Crippen LogP contribution in [0.5, 0.6) is 0 Å². The van der Waals surface area contributed by atoms with Gasteiger partial charge in [-0.2, -0.15) is 0 Å². The average Bonchev–Trinajstić information content (AvgIpc) is 3.62. The first-order valence-corrected chi connectivity index (χ1v) is 15.4. The number of para-hydroxylation sites is 2. The summed E-state index contributed by atoms with van der Waals surface area (Å²) < 4.78 is 0. The second-order valence-corrected chi connectivity index (χ2v) is 12.6. The van der Waals surface area contributed by atoms with Crippen LogP contribution in [0.1, 0.15) is 78.8 Å². The molecule has 2 aliphatic heterocycles. The summed E-state index contributed by atoms with van der Waals surface area (Å²) >= 11 is 0. The normalized spacial score (nSPS) is 22.2. The first kappa shape index (κ1) is 24.7. The molecule has 0 spiro atoms. The van der Waals surface area contributed by atoms with Crippen LogP contribution in [0.25, 0.3) is 12.2 Å². The van der Waals surface area contributed by atoms with E-state index in [9.17, 15) is 0 Å². The molecule has 8 rings (SSSR count). The number of nitrogens with zero attached hydrogens (tertiary/aromatic N) is 2. The molecule has 0 N–H and O–H groups in total. The van der Waals surface area contributed by atoms with Crippen molar-refractivity contribution >= 4 is 34.9 Å². The number of allylic oxidation sites excluding steroid dienone is 2. The zero-order valence-electron chi connectivity index (χ0n) is 24.4. The van der Waals surface area contributed by atoms with E-state index in [1.165, 1.54) is 80.1 Å². The SMILES string of the molecule is CC1=Cc2c(cccc2N2CCCc3ccccc32)C1CC1C(C)=Cc2c1cccc2N1c2ccccc2CC1C. The number of fused-ring (bicyclic) bond motifs is 4. The molecular formula is C39H38N2. The minimum atomic E-state index is 0.441. The van der Waals surface area contributed by atoms with Crippen LogP contribution in [0.15, 0.2) is 96.1 Å². The fourth-order valence-electron chi connectivity index (χ4n) is 8.23. The summed E-state index contributed by atoms with van der Waals surface area (Å²) in [4.78, 5) is 5.15. The molecule has 0 aromatic heterocycles. The summed E-state index contributed by atoms with van der Waals surface area (Å²) in [5, 5.41) is 0. The van der Waals surface area contributed by atoms with E-state index < -0.39 is 0 Å². The number of benzene rings is 4. The van der Waals surface area contributed by atoms with Gasteiger partial charge in [0, 0.05) is 58.3 Å². The van der Waals surface area contributed by atoms with Crippen LogP contribution in [0.3, 0.4) is 0 Å². The van der Waals surface area contributed by atoms with Gasteiger partial charge in [-0.3, -0.25) is 0 Å². The van der Waals surface area contributed by atoms with Crippen molar-refractivity contribution in [2.45, 2.75) is 64.3 Å². The Morgan fingerprint density at radius 2 is 1.22 bits per heavy atom. The summed E-state index contributed by atoms with van der Waals surface area (Å²) in [7, 11) is 0. The first-order valence-electron chi connectivity index (χ1n) is 15.4. The Labute approximate surface area is 244 Å². The van der Waals surface area contributed by atoms with E-state index in [2.05, 4.69) is 128 Å². The second-order valence-electron chi connectivity index (χ2n) is 12.6. The van der Waals surface area contributed by atoms with Crippen LogP contribution in [-0.4, -0.2) is 12.6 Å². The molecule has 0 radical (unpaired) electrons. The van der Waals surface area contributed by atoms with Crippen LogP contribution in [0.4, 0.5) is 22.7 Å². The van der Waals surface area contributed by atoms with Crippen LogP contribution in [0.2, 0.25) is 0 Å². The molecule has 0 fully saturated rings. The Hall–Kier alpha value is -4.04. The van der Waals surface area contributed by atoms with Crippen molar-refractivity contribution in [1.82, 2.24) is 0 Å². The van der Waals surface area contributed by atoms with Gasteiger partial charge < -0.3 is 9.80 Å². The molecule has 41 heavy (non-hydrogen) atoms. The van der Waals surface area contributed by atoms with E-state index in [4.69, 9.17) is 0 Å². The molecule has 4 aromatic carbocycles. The van der Waals surface area contributed by atoms with Gasteiger partial charge in [-0.25, -0.2) is 0 Å². The van der Waals surface area contributed by atoms with Crippen molar-refractivity contribution in [1.29, 1.82) is 0 Å². The average molecular weight is 535 g/mol. The fourth-order valence-corrected chi connectivity index (χ4v) is 8.23. The molecule has 3 unspecified atom stereocenters. The summed E-state index contributed by atoms with van der Waals surface area (Å²) in [5.41, 5.74) is 17.3. The molecule has 0 amide bonds. The standard InChI is InChI=1S/C39H38N2/c1-25-21-34-30(14-8-18-38(34)40-20-10-13-28-11-4-6-16-36(28)40)32(25)24-33-26(2)22-35-31(33)15-9-19-39(35)41-27(3)23-29-12-5-7-17-37(29)41/h4-9,11-12,14-19,21-22,27,32-33H,10,13,20,23-24H2,1-3H3. The van der Waals surface area contributed by atoms with E-state index in [-0.39, 0.29) is 0 Å². The molecule has 3 atom stereocenters. The predicted molar refractivity (Wildman–Crippen MR) is 174 cm³/mol. The smallest absolute Gasteiger partial charge is 0.0490 e. The maximum Gasteiger partial charge on any atom is 0.0490 e. The Kier molecular flexibility index (Phi) is 5.74. The first-order chi connectivity index (χ1) is 20.1. The molecule has 204 valence electrons. The largest absolute Gasteiger partial charge is 0.341 e. The van der Waals surface area contributed by atoms with Gasteiger partial charge in [-0.1, -0.05) is 84.0 Å². The van der Waals surface area contributed by atoms with Crippen molar-refractivity contribution in [3.63, 3.8) is 0 Å². The summed E-state index contributed by atoms with van der Waals surface area (Å²) in [5.74, 6) is 0.885. The van der Waals surface area contributed by atoms with Crippen molar-refractivity contribution in [3.05, 3.63) is 129 Å². The molecule has 0 bridgehead atoms. The second kappa shape index (κ2) is 9.52. The highest BCUT2D eigenvalue weighted by Crippen LogP contribution is 2.52. The third kappa shape index (κ3) is 3.84. The Morgan fingerprint density at radius 3 is 1.95 bits per heavy atom. The maximum atomic E-state index is 2.58. The third-order valence-corrected chi connectivity index (χ3v) is 10.2. The zero-order valence-corrected chi connectivity index (χ0v) is 24.4. The van der Waals surface area contributed by atoms with E-state index in [0.29, 0.717) is 17.9 Å². The van der Waals surface area contributed by atoms with Gasteiger partial charge in [0.15, 0.2) is 0 Å². The van der Waals surface area contributed by atoms with Crippen molar-refractivity contribution < 1.29 is 0 Å². The van der Waals surface area contributed by atoms with Gasteiger partial charge in [0.25, 0.3) is 0 Å². The van der Waals surface area contributed by atoms with E-state index >= 15 is 0 Å². The lowest BCUT2D eigenvalue weighted by Crippen LogP contribution is -2.25. The molecule has 2 heterocycles. The number of aryl methyl sites for hydroxylation is 1. The zero-order chi connectivity index (χ0) is 27.7. The van der Waals surface area contributed by atoms with Crippen molar-refractivity contribution in [2.75, 3.05) is 16.3 Å². The number of rotatable bonds is 4.